The Bertz CT molecular complexity index is 198. The fraction of sp³-hybridized carbons (Fsp3) is 1.00. The van der Waals surface area contributed by atoms with Crippen LogP contribution in [-0.2, 0) is 0 Å². The molecule has 2 heterocycles. The van der Waals surface area contributed by atoms with Crippen LogP contribution in [0.15, 0.2) is 0 Å². The second-order valence-corrected chi connectivity index (χ2v) is 6.63. The summed E-state index contributed by atoms with van der Waals surface area (Å²) in [6.07, 6.45) is 4.18. The lowest BCUT2D eigenvalue weighted by Gasteiger charge is -2.31. The Hall–Kier alpha value is 0.270. The molecule has 2 saturated heterocycles. The largest absolute Gasteiger partial charge is 0.313 e. The third kappa shape index (κ3) is 3.36. The summed E-state index contributed by atoms with van der Waals surface area (Å²) in [6.45, 7) is 6.19. The average Bonchev–Trinajstić information content (AvgIpc) is 2.61. The highest BCUT2D eigenvalue weighted by atomic mass is 32.2. The van der Waals surface area contributed by atoms with Gasteiger partial charge in [-0.25, -0.2) is 0 Å². The van der Waals surface area contributed by atoms with Crippen LogP contribution >= 0.6 is 11.8 Å². The summed E-state index contributed by atoms with van der Waals surface area (Å²) in [5.41, 5.74) is 0. The summed E-state index contributed by atoms with van der Waals surface area (Å²) >= 11 is 2.12. The van der Waals surface area contributed by atoms with Gasteiger partial charge in [-0.2, -0.15) is 11.8 Å². The second-order valence-electron chi connectivity index (χ2n) is 5.15. The molecular formula is C12H24N2S. The molecule has 0 saturated carbocycles. The quantitative estimate of drug-likeness (QED) is 0.793. The van der Waals surface area contributed by atoms with E-state index in [9.17, 15) is 0 Å². The monoisotopic (exact) mass is 228 g/mol. The van der Waals surface area contributed by atoms with Crippen LogP contribution in [0, 0.1) is 5.92 Å². The molecule has 0 aromatic heterocycles. The molecule has 3 unspecified atom stereocenters. The van der Waals surface area contributed by atoms with Crippen molar-refractivity contribution in [1.29, 1.82) is 0 Å². The summed E-state index contributed by atoms with van der Waals surface area (Å²) in [5, 5.41) is 4.60. The predicted molar refractivity (Wildman–Crippen MR) is 68.5 cm³/mol. The van der Waals surface area contributed by atoms with Gasteiger partial charge in [0.2, 0.25) is 0 Å². The molecule has 0 aromatic rings. The molecule has 0 aliphatic carbocycles. The van der Waals surface area contributed by atoms with Crippen molar-refractivity contribution < 1.29 is 0 Å². The van der Waals surface area contributed by atoms with Crippen molar-refractivity contribution in [3.05, 3.63) is 0 Å². The smallest absolute Gasteiger partial charge is 0.0191 e. The molecule has 15 heavy (non-hydrogen) atoms. The third-order valence-corrected chi connectivity index (χ3v) is 5.09. The molecule has 3 heteroatoms. The Morgan fingerprint density at radius 1 is 1.40 bits per heavy atom. The number of piperidine rings is 1. The lowest BCUT2D eigenvalue weighted by Crippen LogP contribution is -2.42. The summed E-state index contributed by atoms with van der Waals surface area (Å²) in [5.74, 6) is 2.24. The van der Waals surface area contributed by atoms with E-state index in [1.54, 1.807) is 0 Å². The molecule has 3 atom stereocenters. The Labute approximate surface area is 98.2 Å². The molecule has 2 nitrogen and oxygen atoms in total. The van der Waals surface area contributed by atoms with Crippen molar-refractivity contribution in [2.24, 2.45) is 5.92 Å². The first-order chi connectivity index (χ1) is 7.25. The normalized spacial score (nSPS) is 38.4. The van der Waals surface area contributed by atoms with E-state index >= 15 is 0 Å². The highest BCUT2D eigenvalue weighted by molar-refractivity contribution is 8.00. The fourth-order valence-electron chi connectivity index (χ4n) is 2.76. The van der Waals surface area contributed by atoms with E-state index in [1.165, 1.54) is 44.6 Å². The van der Waals surface area contributed by atoms with Crippen molar-refractivity contribution in [3.63, 3.8) is 0 Å². The summed E-state index contributed by atoms with van der Waals surface area (Å²) in [6, 6.07) is 0.780. The molecule has 2 rings (SSSR count). The fourth-order valence-corrected chi connectivity index (χ4v) is 3.98. The molecule has 0 radical (unpaired) electrons. The average molecular weight is 228 g/mol. The first kappa shape index (κ1) is 11.7. The van der Waals surface area contributed by atoms with Crippen LogP contribution in [-0.4, -0.2) is 48.6 Å². The molecule has 0 aromatic carbocycles. The number of thioether (sulfide) groups is 1. The second kappa shape index (κ2) is 5.55. The van der Waals surface area contributed by atoms with Crippen molar-refractivity contribution >= 4 is 11.8 Å². The number of nitrogens with zero attached hydrogens (tertiary/aromatic N) is 1. The van der Waals surface area contributed by atoms with Gasteiger partial charge < -0.3 is 10.2 Å². The zero-order chi connectivity index (χ0) is 10.7. The lowest BCUT2D eigenvalue weighted by atomic mass is 9.98. The Kier molecular flexibility index (Phi) is 4.35. The van der Waals surface area contributed by atoms with Crippen LogP contribution in [0.1, 0.15) is 26.2 Å². The van der Waals surface area contributed by atoms with Gasteiger partial charge in [0.1, 0.15) is 0 Å². The van der Waals surface area contributed by atoms with Gasteiger partial charge in [0.15, 0.2) is 0 Å². The van der Waals surface area contributed by atoms with Gasteiger partial charge in [-0.05, 0) is 51.1 Å². The standard InChI is InChI=1S/C12H24N2S/c1-10-12(5-7-15-10)13-8-11-4-3-6-14(2)9-11/h10-13H,3-9H2,1-2H3. The van der Waals surface area contributed by atoms with Gasteiger partial charge in [0.05, 0.1) is 0 Å². The van der Waals surface area contributed by atoms with E-state index in [2.05, 4.69) is 35.9 Å². The zero-order valence-corrected chi connectivity index (χ0v) is 10.9. The minimum Gasteiger partial charge on any atom is -0.313 e. The topological polar surface area (TPSA) is 15.3 Å². The molecule has 1 N–H and O–H groups in total. The SMILES string of the molecule is CC1SCCC1NCC1CCCN(C)C1. The van der Waals surface area contributed by atoms with E-state index in [4.69, 9.17) is 0 Å². The zero-order valence-electron chi connectivity index (χ0n) is 10.0. The molecule has 0 amide bonds. The van der Waals surface area contributed by atoms with Gasteiger partial charge in [-0.15, -0.1) is 0 Å². The van der Waals surface area contributed by atoms with Crippen LogP contribution in [0.25, 0.3) is 0 Å². The molecule has 0 spiro atoms. The van der Waals surface area contributed by atoms with Crippen molar-refractivity contribution in [1.82, 2.24) is 10.2 Å². The number of likely N-dealkylation sites (tertiary alicyclic amines) is 1. The highest BCUT2D eigenvalue weighted by Gasteiger charge is 2.25. The van der Waals surface area contributed by atoms with Gasteiger partial charge in [-0.1, -0.05) is 6.92 Å². The van der Waals surface area contributed by atoms with Crippen molar-refractivity contribution in [3.8, 4) is 0 Å². The highest BCUT2D eigenvalue weighted by Crippen LogP contribution is 2.26. The Morgan fingerprint density at radius 2 is 2.27 bits per heavy atom. The van der Waals surface area contributed by atoms with Crippen LogP contribution in [0.3, 0.4) is 0 Å². The maximum absolute atomic E-state index is 3.77. The van der Waals surface area contributed by atoms with E-state index in [-0.39, 0.29) is 0 Å². The van der Waals surface area contributed by atoms with Gasteiger partial charge in [0, 0.05) is 17.8 Å². The predicted octanol–water partition coefficient (Wildman–Crippen LogP) is 1.81. The molecular weight excluding hydrogens is 204 g/mol. The maximum atomic E-state index is 3.77. The van der Waals surface area contributed by atoms with E-state index < -0.39 is 0 Å². The van der Waals surface area contributed by atoms with Crippen LogP contribution in [0.2, 0.25) is 0 Å². The minimum atomic E-state index is 0.780. The number of rotatable bonds is 3. The number of hydrogen-bond donors (Lipinski definition) is 1. The van der Waals surface area contributed by atoms with Crippen LogP contribution < -0.4 is 5.32 Å². The van der Waals surface area contributed by atoms with Crippen LogP contribution in [0.5, 0.6) is 0 Å². The van der Waals surface area contributed by atoms with Crippen molar-refractivity contribution in [2.45, 2.75) is 37.5 Å². The summed E-state index contributed by atoms with van der Waals surface area (Å²) < 4.78 is 0. The van der Waals surface area contributed by atoms with Crippen LogP contribution in [0.4, 0.5) is 0 Å². The Morgan fingerprint density at radius 3 is 2.93 bits per heavy atom. The van der Waals surface area contributed by atoms with Gasteiger partial charge in [0.25, 0.3) is 0 Å². The molecule has 2 fully saturated rings. The molecule has 2 aliphatic rings. The maximum Gasteiger partial charge on any atom is 0.0191 e. The minimum absolute atomic E-state index is 0.780. The van der Waals surface area contributed by atoms with Gasteiger partial charge >= 0.3 is 0 Å². The molecule has 2 aliphatic heterocycles. The first-order valence-corrected chi connectivity index (χ1v) is 7.34. The molecule has 0 bridgehead atoms. The third-order valence-electron chi connectivity index (χ3n) is 3.77. The molecule has 88 valence electrons. The lowest BCUT2D eigenvalue weighted by molar-refractivity contribution is 0.202. The summed E-state index contributed by atoms with van der Waals surface area (Å²) in [7, 11) is 2.25. The van der Waals surface area contributed by atoms with E-state index in [0.29, 0.717) is 0 Å². The van der Waals surface area contributed by atoms with E-state index in [1.807, 2.05) is 0 Å². The Balaban J connectivity index is 1.68. The van der Waals surface area contributed by atoms with Crippen molar-refractivity contribution in [2.75, 3.05) is 32.4 Å². The first-order valence-electron chi connectivity index (χ1n) is 6.29. The number of nitrogens with one attached hydrogen (secondary N) is 1. The van der Waals surface area contributed by atoms with E-state index in [0.717, 1.165) is 17.2 Å². The number of hydrogen-bond acceptors (Lipinski definition) is 3. The van der Waals surface area contributed by atoms with Gasteiger partial charge in [-0.3, -0.25) is 0 Å². The summed E-state index contributed by atoms with van der Waals surface area (Å²) in [4.78, 5) is 2.47.